The van der Waals surface area contributed by atoms with Crippen molar-refractivity contribution in [3.8, 4) is 11.3 Å². The Bertz CT molecular complexity index is 909. The average Bonchev–Trinajstić information content (AvgIpc) is 2.50. The zero-order valence-electron chi connectivity index (χ0n) is 13.0. The Labute approximate surface area is 132 Å². The third kappa shape index (κ3) is 3.14. The molecule has 3 rings (SSSR count). The maximum Gasteiger partial charge on any atom is 0.274 e. The van der Waals surface area contributed by atoms with E-state index in [0.717, 1.165) is 0 Å². The van der Waals surface area contributed by atoms with Gasteiger partial charge in [0.2, 0.25) is 0 Å². The normalized spacial score (nSPS) is 11.8. The number of hydrogen-bond donors (Lipinski definition) is 1. The van der Waals surface area contributed by atoms with Crippen molar-refractivity contribution in [2.24, 2.45) is 0 Å². The summed E-state index contributed by atoms with van der Waals surface area (Å²) in [6, 6.07) is 13.1. The van der Waals surface area contributed by atoms with Crippen molar-refractivity contribution in [3.05, 3.63) is 64.7 Å². The molecule has 0 aliphatic heterocycles. The van der Waals surface area contributed by atoms with Gasteiger partial charge >= 0.3 is 0 Å². The van der Waals surface area contributed by atoms with Crippen LogP contribution in [-0.4, -0.2) is 20.5 Å². The summed E-state index contributed by atoms with van der Waals surface area (Å²) in [4.78, 5) is 12.6. The number of aromatic nitrogens is 2. The lowest BCUT2D eigenvalue weighted by atomic mass is 10.0. The summed E-state index contributed by atoms with van der Waals surface area (Å²) in [5, 5.41) is 15.6. The Hall–Kier alpha value is -2.53. The monoisotopic (exact) mass is 312 g/mol. The van der Waals surface area contributed by atoms with Gasteiger partial charge in [0.25, 0.3) is 5.56 Å². The van der Waals surface area contributed by atoms with Crippen LogP contribution in [0.5, 0.6) is 0 Å². The van der Waals surface area contributed by atoms with E-state index < -0.39 is 5.60 Å². The Morgan fingerprint density at radius 3 is 2.30 bits per heavy atom. The molecule has 0 spiro atoms. The number of rotatable bonds is 3. The highest BCUT2D eigenvalue weighted by atomic mass is 19.1. The van der Waals surface area contributed by atoms with E-state index in [4.69, 9.17) is 0 Å². The van der Waals surface area contributed by atoms with Crippen molar-refractivity contribution >= 4 is 10.8 Å². The fourth-order valence-corrected chi connectivity index (χ4v) is 2.53. The molecular weight excluding hydrogens is 295 g/mol. The molecule has 0 bridgehead atoms. The molecule has 1 heterocycles. The molecule has 0 aliphatic rings. The topological polar surface area (TPSA) is 55.1 Å². The summed E-state index contributed by atoms with van der Waals surface area (Å²) >= 11 is 0. The Morgan fingerprint density at radius 2 is 1.70 bits per heavy atom. The molecule has 23 heavy (non-hydrogen) atoms. The van der Waals surface area contributed by atoms with Crippen LogP contribution in [0.1, 0.15) is 13.8 Å². The maximum absolute atomic E-state index is 13.2. The fourth-order valence-electron chi connectivity index (χ4n) is 2.53. The summed E-state index contributed by atoms with van der Waals surface area (Å²) in [5.74, 6) is -0.331. The lowest BCUT2D eigenvalue weighted by Crippen LogP contribution is -2.34. The molecule has 0 aliphatic carbocycles. The lowest BCUT2D eigenvalue weighted by molar-refractivity contribution is 0.0564. The molecule has 0 fully saturated rings. The highest BCUT2D eigenvalue weighted by Gasteiger charge is 2.18. The fraction of sp³-hybridized carbons (Fsp3) is 0.222. The Morgan fingerprint density at radius 1 is 1.09 bits per heavy atom. The van der Waals surface area contributed by atoms with Crippen molar-refractivity contribution in [2.75, 3.05) is 0 Å². The van der Waals surface area contributed by atoms with Gasteiger partial charge in [-0.3, -0.25) is 4.79 Å². The summed E-state index contributed by atoms with van der Waals surface area (Å²) in [7, 11) is 0. The highest BCUT2D eigenvalue weighted by Crippen LogP contribution is 2.25. The number of halogens is 1. The smallest absolute Gasteiger partial charge is 0.274 e. The zero-order valence-corrected chi connectivity index (χ0v) is 13.0. The van der Waals surface area contributed by atoms with Crippen LogP contribution in [0.2, 0.25) is 0 Å². The molecule has 0 amide bonds. The predicted octanol–water partition coefficient (Wildman–Crippen LogP) is 2.97. The first kappa shape index (κ1) is 15.4. The standard InChI is InChI=1S/C18H17FN2O2/c1-18(2,23)11-21-17(22)15-6-4-3-5-14(15)16(20-21)12-7-9-13(19)10-8-12/h3-10,23H,11H2,1-2H3. The summed E-state index contributed by atoms with van der Waals surface area (Å²) in [6.45, 7) is 3.31. The SMILES string of the molecule is CC(C)(O)Cn1nc(-c2ccc(F)cc2)c2ccccc2c1=O. The zero-order chi connectivity index (χ0) is 16.6. The summed E-state index contributed by atoms with van der Waals surface area (Å²) in [6.07, 6.45) is 0. The number of aliphatic hydroxyl groups is 1. The molecule has 118 valence electrons. The van der Waals surface area contributed by atoms with Crippen molar-refractivity contribution in [1.82, 2.24) is 9.78 Å². The third-order valence-electron chi connectivity index (χ3n) is 3.52. The van der Waals surface area contributed by atoms with E-state index in [0.29, 0.717) is 22.0 Å². The molecule has 0 saturated heterocycles. The molecule has 0 unspecified atom stereocenters. The molecule has 0 atom stereocenters. The van der Waals surface area contributed by atoms with E-state index in [9.17, 15) is 14.3 Å². The van der Waals surface area contributed by atoms with E-state index >= 15 is 0 Å². The molecule has 2 aromatic carbocycles. The summed E-state index contributed by atoms with van der Waals surface area (Å²) < 4.78 is 14.4. The van der Waals surface area contributed by atoms with Gasteiger partial charge in [-0.25, -0.2) is 9.07 Å². The van der Waals surface area contributed by atoms with Crippen LogP contribution >= 0.6 is 0 Å². The van der Waals surface area contributed by atoms with Crippen molar-refractivity contribution < 1.29 is 9.50 Å². The first-order valence-electron chi connectivity index (χ1n) is 7.33. The van der Waals surface area contributed by atoms with Crippen LogP contribution < -0.4 is 5.56 Å². The lowest BCUT2D eigenvalue weighted by Gasteiger charge is -2.19. The number of benzene rings is 2. The van der Waals surface area contributed by atoms with Crippen LogP contribution in [0, 0.1) is 5.82 Å². The first-order chi connectivity index (χ1) is 10.8. The summed E-state index contributed by atoms with van der Waals surface area (Å²) in [5.41, 5.74) is -0.0237. The van der Waals surface area contributed by atoms with Crippen LogP contribution in [0.25, 0.3) is 22.0 Å². The van der Waals surface area contributed by atoms with Gasteiger partial charge in [-0.05, 0) is 44.2 Å². The molecule has 0 radical (unpaired) electrons. The van der Waals surface area contributed by atoms with Gasteiger partial charge in [-0.2, -0.15) is 5.10 Å². The minimum Gasteiger partial charge on any atom is -0.389 e. The highest BCUT2D eigenvalue weighted by molar-refractivity contribution is 5.93. The van der Waals surface area contributed by atoms with Gasteiger partial charge in [0.1, 0.15) is 5.82 Å². The van der Waals surface area contributed by atoms with Gasteiger partial charge < -0.3 is 5.11 Å². The molecule has 3 aromatic rings. The van der Waals surface area contributed by atoms with Crippen molar-refractivity contribution in [2.45, 2.75) is 26.0 Å². The Kier molecular flexibility index (Phi) is 3.74. The molecule has 0 saturated carbocycles. The third-order valence-corrected chi connectivity index (χ3v) is 3.52. The molecule has 4 nitrogen and oxygen atoms in total. The Balaban J connectivity index is 2.29. The van der Waals surface area contributed by atoms with Gasteiger partial charge in [-0.15, -0.1) is 0 Å². The molecular formula is C18H17FN2O2. The van der Waals surface area contributed by atoms with Gasteiger partial charge in [0.15, 0.2) is 0 Å². The van der Waals surface area contributed by atoms with E-state index in [1.807, 2.05) is 12.1 Å². The minimum absolute atomic E-state index is 0.0743. The van der Waals surface area contributed by atoms with Crippen LogP contribution in [0.15, 0.2) is 53.3 Å². The van der Waals surface area contributed by atoms with Crippen molar-refractivity contribution in [1.29, 1.82) is 0 Å². The van der Waals surface area contributed by atoms with E-state index in [1.165, 1.54) is 16.8 Å². The second-order valence-electron chi connectivity index (χ2n) is 6.18. The van der Waals surface area contributed by atoms with E-state index in [1.54, 1.807) is 38.1 Å². The van der Waals surface area contributed by atoms with E-state index in [2.05, 4.69) is 5.10 Å². The predicted molar refractivity (Wildman–Crippen MR) is 87.7 cm³/mol. The van der Waals surface area contributed by atoms with Gasteiger partial charge in [0.05, 0.1) is 23.2 Å². The van der Waals surface area contributed by atoms with Gasteiger partial charge in [0, 0.05) is 10.9 Å². The second-order valence-corrected chi connectivity index (χ2v) is 6.18. The molecule has 5 heteroatoms. The van der Waals surface area contributed by atoms with Crippen LogP contribution in [-0.2, 0) is 6.54 Å². The largest absolute Gasteiger partial charge is 0.389 e. The molecule has 1 N–H and O–H groups in total. The number of hydrogen-bond acceptors (Lipinski definition) is 3. The van der Waals surface area contributed by atoms with Crippen LogP contribution in [0.4, 0.5) is 4.39 Å². The number of fused-ring (bicyclic) bond motifs is 1. The van der Waals surface area contributed by atoms with Crippen molar-refractivity contribution in [3.63, 3.8) is 0 Å². The second kappa shape index (κ2) is 5.59. The maximum atomic E-state index is 13.2. The van der Waals surface area contributed by atoms with Crippen LogP contribution in [0.3, 0.4) is 0 Å². The van der Waals surface area contributed by atoms with E-state index in [-0.39, 0.29) is 17.9 Å². The first-order valence-corrected chi connectivity index (χ1v) is 7.33. The van der Waals surface area contributed by atoms with Gasteiger partial charge in [-0.1, -0.05) is 18.2 Å². The minimum atomic E-state index is -1.07. The average molecular weight is 312 g/mol. The molecule has 1 aromatic heterocycles. The quantitative estimate of drug-likeness (QED) is 0.809. The number of nitrogens with zero attached hydrogens (tertiary/aromatic N) is 2.